The van der Waals surface area contributed by atoms with E-state index in [0.29, 0.717) is 16.7 Å². The average Bonchev–Trinajstić information content (AvgIpc) is 2.97. The summed E-state index contributed by atoms with van der Waals surface area (Å²) in [6.45, 7) is 1.62. The standard InChI is InChI=1S/C10H10ClN3O2S3/c1-5-8(18-9(11)12-5)19(15,16)14-10-13-7(4-17-10)6-2-3-6/h4,6H,2-3H2,1H3,(H,13,14). The van der Waals surface area contributed by atoms with Crippen molar-refractivity contribution in [1.82, 2.24) is 9.97 Å². The number of thiazole rings is 2. The molecule has 2 aromatic rings. The molecule has 1 saturated carbocycles. The predicted octanol–water partition coefficient (Wildman–Crippen LogP) is 3.24. The van der Waals surface area contributed by atoms with E-state index in [1.54, 1.807) is 6.92 Å². The lowest BCUT2D eigenvalue weighted by Gasteiger charge is -2.02. The number of hydrogen-bond acceptors (Lipinski definition) is 6. The van der Waals surface area contributed by atoms with E-state index in [1.807, 2.05) is 5.38 Å². The Morgan fingerprint density at radius 2 is 2.16 bits per heavy atom. The third-order valence-electron chi connectivity index (χ3n) is 2.71. The monoisotopic (exact) mass is 335 g/mol. The van der Waals surface area contributed by atoms with Gasteiger partial charge in [-0.1, -0.05) is 22.9 Å². The van der Waals surface area contributed by atoms with Gasteiger partial charge in [-0.2, -0.15) is 0 Å². The summed E-state index contributed by atoms with van der Waals surface area (Å²) in [4.78, 5) is 8.21. The molecule has 1 N–H and O–H groups in total. The van der Waals surface area contributed by atoms with Gasteiger partial charge in [0.15, 0.2) is 13.8 Å². The van der Waals surface area contributed by atoms with Gasteiger partial charge in [0, 0.05) is 11.3 Å². The smallest absolute Gasteiger partial charge is 0.254 e. The first-order chi connectivity index (χ1) is 8.95. The highest BCUT2D eigenvalue weighted by Gasteiger charge is 2.27. The number of rotatable bonds is 4. The third kappa shape index (κ3) is 2.76. The number of nitrogens with zero attached hydrogens (tertiary/aromatic N) is 2. The van der Waals surface area contributed by atoms with Crippen LogP contribution in [0.1, 0.15) is 30.1 Å². The van der Waals surface area contributed by atoms with Crippen LogP contribution in [0.4, 0.5) is 5.13 Å². The SMILES string of the molecule is Cc1nc(Cl)sc1S(=O)(=O)Nc1nc(C2CC2)cs1. The van der Waals surface area contributed by atoms with Crippen molar-refractivity contribution in [3.05, 3.63) is 21.2 Å². The summed E-state index contributed by atoms with van der Waals surface area (Å²) in [6, 6.07) is 0. The highest BCUT2D eigenvalue weighted by atomic mass is 35.5. The minimum atomic E-state index is -3.65. The van der Waals surface area contributed by atoms with Gasteiger partial charge >= 0.3 is 0 Å². The summed E-state index contributed by atoms with van der Waals surface area (Å²) < 4.78 is 27.2. The van der Waals surface area contributed by atoms with E-state index >= 15 is 0 Å². The second kappa shape index (κ2) is 4.69. The summed E-state index contributed by atoms with van der Waals surface area (Å²) >= 11 is 7.98. The van der Waals surface area contributed by atoms with E-state index in [4.69, 9.17) is 11.6 Å². The fourth-order valence-corrected chi connectivity index (χ4v) is 5.45. The number of nitrogens with one attached hydrogen (secondary N) is 1. The number of sulfonamides is 1. The van der Waals surface area contributed by atoms with Gasteiger partial charge in [-0.25, -0.2) is 18.4 Å². The van der Waals surface area contributed by atoms with E-state index < -0.39 is 10.0 Å². The van der Waals surface area contributed by atoms with E-state index in [9.17, 15) is 8.42 Å². The van der Waals surface area contributed by atoms with Crippen LogP contribution in [0.2, 0.25) is 4.47 Å². The van der Waals surface area contributed by atoms with Gasteiger partial charge in [0.1, 0.15) is 0 Å². The second-order valence-corrected chi connectivity index (χ2v) is 8.61. The number of aryl methyl sites for hydroxylation is 1. The lowest BCUT2D eigenvalue weighted by molar-refractivity contribution is 0.602. The molecule has 0 unspecified atom stereocenters. The summed E-state index contributed by atoms with van der Waals surface area (Å²) in [5.41, 5.74) is 1.38. The molecule has 0 saturated heterocycles. The maximum atomic E-state index is 12.2. The van der Waals surface area contributed by atoms with Gasteiger partial charge in [0.25, 0.3) is 10.0 Å². The minimum absolute atomic E-state index is 0.140. The first-order valence-electron chi connectivity index (χ1n) is 5.57. The average molecular weight is 336 g/mol. The predicted molar refractivity (Wildman–Crippen MR) is 76.8 cm³/mol. The molecule has 5 nitrogen and oxygen atoms in total. The van der Waals surface area contributed by atoms with Gasteiger partial charge in [-0.15, -0.1) is 11.3 Å². The van der Waals surface area contributed by atoms with Gasteiger partial charge in [-0.3, -0.25) is 4.72 Å². The molecule has 1 aliphatic carbocycles. The van der Waals surface area contributed by atoms with Crippen molar-refractivity contribution in [3.8, 4) is 0 Å². The van der Waals surface area contributed by atoms with Gasteiger partial charge in [0.05, 0.1) is 11.4 Å². The van der Waals surface area contributed by atoms with Crippen molar-refractivity contribution >= 4 is 49.4 Å². The second-order valence-electron chi connectivity index (χ2n) is 4.30. The Bertz CT molecular complexity index is 718. The van der Waals surface area contributed by atoms with Crippen LogP contribution in [0.3, 0.4) is 0 Å². The van der Waals surface area contributed by atoms with Crippen molar-refractivity contribution in [2.45, 2.75) is 29.9 Å². The molecule has 0 aromatic carbocycles. The lowest BCUT2D eigenvalue weighted by atomic mass is 10.3. The van der Waals surface area contributed by atoms with Crippen LogP contribution in [0, 0.1) is 6.92 Å². The molecule has 0 radical (unpaired) electrons. The molecule has 9 heteroatoms. The number of hydrogen-bond donors (Lipinski definition) is 1. The van der Waals surface area contributed by atoms with Crippen LogP contribution in [0.15, 0.2) is 9.59 Å². The van der Waals surface area contributed by atoms with E-state index in [1.165, 1.54) is 11.3 Å². The highest BCUT2D eigenvalue weighted by molar-refractivity contribution is 7.95. The molecule has 1 aliphatic rings. The summed E-state index contributed by atoms with van der Waals surface area (Å²) in [5.74, 6) is 0.508. The highest BCUT2D eigenvalue weighted by Crippen LogP contribution is 2.41. The van der Waals surface area contributed by atoms with Crippen LogP contribution < -0.4 is 4.72 Å². The third-order valence-corrected chi connectivity index (χ3v) is 6.83. The van der Waals surface area contributed by atoms with E-state index in [0.717, 1.165) is 29.9 Å². The Kier molecular flexibility index (Phi) is 3.28. The normalized spacial score (nSPS) is 15.7. The Morgan fingerprint density at radius 3 is 2.74 bits per heavy atom. The fourth-order valence-electron chi connectivity index (χ4n) is 1.66. The molecule has 3 rings (SSSR count). The maximum Gasteiger partial charge on any atom is 0.275 e. The Morgan fingerprint density at radius 1 is 1.42 bits per heavy atom. The lowest BCUT2D eigenvalue weighted by Crippen LogP contribution is -2.12. The van der Waals surface area contributed by atoms with Crippen molar-refractivity contribution < 1.29 is 8.42 Å². The molecule has 0 spiro atoms. The first-order valence-corrected chi connectivity index (χ1v) is 9.12. The van der Waals surface area contributed by atoms with Crippen molar-refractivity contribution in [2.24, 2.45) is 0 Å². The number of halogens is 1. The van der Waals surface area contributed by atoms with E-state index in [2.05, 4.69) is 14.7 Å². The van der Waals surface area contributed by atoms with Crippen LogP contribution in [-0.2, 0) is 10.0 Å². The molecular weight excluding hydrogens is 326 g/mol. The molecular formula is C10H10ClN3O2S3. The van der Waals surface area contributed by atoms with Gasteiger partial charge in [0.2, 0.25) is 0 Å². The Balaban J connectivity index is 1.86. The summed E-state index contributed by atoms with van der Waals surface area (Å²) in [5, 5.41) is 2.30. The van der Waals surface area contributed by atoms with Crippen LogP contribution in [-0.4, -0.2) is 18.4 Å². The van der Waals surface area contributed by atoms with E-state index in [-0.39, 0.29) is 8.68 Å². The molecule has 0 bridgehead atoms. The molecule has 0 amide bonds. The molecule has 102 valence electrons. The fraction of sp³-hybridized carbons (Fsp3) is 0.400. The van der Waals surface area contributed by atoms with Crippen molar-refractivity contribution in [3.63, 3.8) is 0 Å². The van der Waals surface area contributed by atoms with Crippen LogP contribution >= 0.6 is 34.3 Å². The zero-order valence-corrected chi connectivity index (χ0v) is 13.1. The van der Waals surface area contributed by atoms with Crippen LogP contribution in [0.25, 0.3) is 0 Å². The molecule has 19 heavy (non-hydrogen) atoms. The molecule has 1 fully saturated rings. The van der Waals surface area contributed by atoms with Crippen molar-refractivity contribution in [1.29, 1.82) is 0 Å². The molecule has 0 aliphatic heterocycles. The quantitative estimate of drug-likeness (QED) is 0.931. The van der Waals surface area contributed by atoms with Gasteiger partial charge < -0.3 is 0 Å². The van der Waals surface area contributed by atoms with Crippen LogP contribution in [0.5, 0.6) is 0 Å². The Labute approximate surface area is 123 Å². The number of aromatic nitrogens is 2. The maximum absolute atomic E-state index is 12.2. The molecule has 2 aromatic heterocycles. The van der Waals surface area contributed by atoms with Crippen molar-refractivity contribution in [2.75, 3.05) is 4.72 Å². The summed E-state index contributed by atoms with van der Waals surface area (Å²) in [7, 11) is -3.65. The first kappa shape index (κ1) is 13.3. The van der Waals surface area contributed by atoms with Gasteiger partial charge in [-0.05, 0) is 19.8 Å². The largest absolute Gasteiger partial charge is 0.275 e. The topological polar surface area (TPSA) is 72.0 Å². The summed E-state index contributed by atoms with van der Waals surface area (Å²) in [6.07, 6.45) is 2.28. The number of anilines is 1. The zero-order chi connectivity index (χ0) is 13.6. The zero-order valence-electron chi connectivity index (χ0n) is 9.88. The Hall–Kier alpha value is -0.700. The molecule has 0 atom stereocenters. The minimum Gasteiger partial charge on any atom is -0.254 e. The molecule has 2 heterocycles.